The molecule has 3 aromatic carbocycles. The van der Waals surface area contributed by atoms with E-state index < -0.39 is 38.1 Å². The second kappa shape index (κ2) is 11.8. The third kappa shape index (κ3) is 5.91. The summed E-state index contributed by atoms with van der Waals surface area (Å²) in [6.07, 6.45) is 3.28. The molecule has 170 valence electrons. The molecule has 0 aromatic heterocycles. The standard InChI is InChI=1S/3C9H7O2.Sb/c3*1-2-11-9(10)8-6-4-3-5-7-8;/h3*2,4-7H,1H2;. The second-order valence-electron chi connectivity index (χ2n) is 6.69. The summed E-state index contributed by atoms with van der Waals surface area (Å²) in [7, 11) is 0. The number of carbonyl (C=O) groups excluding carboxylic acids is 3. The maximum atomic E-state index is 12.0. The molecular formula is C27H21O6Sb. The van der Waals surface area contributed by atoms with E-state index in [1.54, 1.807) is 36.4 Å². The van der Waals surface area contributed by atoms with Gasteiger partial charge in [0.05, 0.1) is 0 Å². The van der Waals surface area contributed by atoms with Crippen LogP contribution in [0.15, 0.2) is 111 Å². The van der Waals surface area contributed by atoms with Crippen molar-refractivity contribution >= 4 is 48.6 Å². The van der Waals surface area contributed by atoms with Crippen LogP contribution in [0.2, 0.25) is 0 Å². The van der Waals surface area contributed by atoms with Gasteiger partial charge in [-0.15, -0.1) is 0 Å². The van der Waals surface area contributed by atoms with Gasteiger partial charge in [0.1, 0.15) is 0 Å². The van der Waals surface area contributed by atoms with Crippen molar-refractivity contribution in [3.8, 4) is 0 Å². The molecule has 0 saturated heterocycles. The summed E-state index contributed by atoms with van der Waals surface area (Å²) in [5.74, 6) is -1.46. The van der Waals surface area contributed by atoms with Crippen LogP contribution < -0.4 is 10.5 Å². The molecule has 34 heavy (non-hydrogen) atoms. The zero-order valence-electron chi connectivity index (χ0n) is 18.2. The molecule has 0 fully saturated rings. The first-order valence-electron chi connectivity index (χ1n) is 10.0. The number of carbonyl (C=O) groups is 3. The molecule has 0 bridgehead atoms. The molecule has 7 heteroatoms. The van der Waals surface area contributed by atoms with Crippen LogP contribution in [-0.2, 0) is 14.2 Å². The van der Waals surface area contributed by atoms with E-state index in [1.165, 1.54) is 0 Å². The van der Waals surface area contributed by atoms with E-state index in [0.29, 0.717) is 16.7 Å². The predicted octanol–water partition coefficient (Wildman–Crippen LogP) is 3.10. The van der Waals surface area contributed by atoms with Gasteiger partial charge in [0.15, 0.2) is 0 Å². The Bertz CT molecular complexity index is 1060. The Morgan fingerprint density at radius 1 is 0.500 bits per heavy atom. The first-order chi connectivity index (χ1) is 16.5. The van der Waals surface area contributed by atoms with E-state index in [4.69, 9.17) is 14.2 Å². The number of hydrogen-bond acceptors (Lipinski definition) is 6. The topological polar surface area (TPSA) is 78.9 Å². The molecule has 6 nitrogen and oxygen atoms in total. The van der Waals surface area contributed by atoms with Gasteiger partial charge < -0.3 is 0 Å². The Kier molecular flexibility index (Phi) is 8.60. The van der Waals surface area contributed by atoms with E-state index in [1.807, 2.05) is 36.4 Å². The number of hydrogen-bond donors (Lipinski definition) is 0. The van der Waals surface area contributed by atoms with Crippen LogP contribution in [-0.4, -0.2) is 38.1 Å². The number of ether oxygens (including phenoxy) is 3. The Morgan fingerprint density at radius 3 is 0.941 bits per heavy atom. The van der Waals surface area contributed by atoms with Gasteiger partial charge in [-0.1, -0.05) is 0 Å². The van der Waals surface area contributed by atoms with Gasteiger partial charge >= 0.3 is 205 Å². The molecule has 0 aliphatic heterocycles. The van der Waals surface area contributed by atoms with Crippen LogP contribution in [0.3, 0.4) is 0 Å². The van der Waals surface area contributed by atoms with E-state index >= 15 is 0 Å². The van der Waals surface area contributed by atoms with Crippen molar-refractivity contribution in [2.75, 3.05) is 0 Å². The Morgan fingerprint density at radius 2 is 0.735 bits per heavy atom. The van der Waals surface area contributed by atoms with Crippen LogP contribution in [0.4, 0.5) is 0 Å². The molecule has 0 amide bonds. The normalized spacial score (nSPS) is 10.1. The van der Waals surface area contributed by atoms with E-state index in [9.17, 15) is 14.4 Å². The van der Waals surface area contributed by atoms with Gasteiger partial charge in [0, 0.05) is 0 Å². The van der Waals surface area contributed by atoms with Crippen molar-refractivity contribution in [1.82, 2.24) is 0 Å². The van der Waals surface area contributed by atoms with E-state index in [2.05, 4.69) is 19.7 Å². The fourth-order valence-corrected chi connectivity index (χ4v) is 9.50. The summed E-state index contributed by atoms with van der Waals surface area (Å²) < 4.78 is 17.8. The minimum absolute atomic E-state index is 0.411. The molecule has 0 aliphatic carbocycles. The molecular weight excluding hydrogens is 542 g/mol. The molecule has 3 rings (SSSR count). The first-order valence-corrected chi connectivity index (χ1v) is 13.9. The summed E-state index contributed by atoms with van der Waals surface area (Å²) in [6.45, 7) is 10.2. The Balaban J connectivity index is 2.01. The third-order valence-corrected chi connectivity index (χ3v) is 11.6. The number of esters is 3. The third-order valence-electron chi connectivity index (χ3n) is 4.65. The Hall–Kier alpha value is -3.89. The summed E-state index contributed by atoms with van der Waals surface area (Å²) >= 11 is -2.60. The van der Waals surface area contributed by atoms with Crippen molar-refractivity contribution in [2.45, 2.75) is 0 Å². The van der Waals surface area contributed by atoms with E-state index in [-0.39, 0.29) is 0 Å². The molecule has 0 saturated carbocycles. The van der Waals surface area contributed by atoms with Crippen LogP contribution in [0.5, 0.6) is 0 Å². The molecule has 0 radical (unpaired) electrons. The van der Waals surface area contributed by atoms with Gasteiger partial charge in [0.25, 0.3) is 0 Å². The zero-order chi connectivity index (χ0) is 24.5. The summed E-state index contributed by atoms with van der Waals surface area (Å²) in [4.78, 5) is 36.0. The van der Waals surface area contributed by atoms with Gasteiger partial charge in [0.2, 0.25) is 0 Å². The van der Waals surface area contributed by atoms with Crippen LogP contribution in [0.25, 0.3) is 0 Å². The zero-order valence-corrected chi connectivity index (χ0v) is 20.7. The van der Waals surface area contributed by atoms with Gasteiger partial charge in [-0.05, 0) is 0 Å². The Labute approximate surface area is 204 Å². The predicted molar refractivity (Wildman–Crippen MR) is 131 cm³/mol. The van der Waals surface area contributed by atoms with Gasteiger partial charge in [-0.25, -0.2) is 0 Å². The van der Waals surface area contributed by atoms with Crippen molar-refractivity contribution < 1.29 is 28.6 Å². The van der Waals surface area contributed by atoms with E-state index in [0.717, 1.165) is 29.3 Å². The van der Waals surface area contributed by atoms with Crippen molar-refractivity contribution in [3.05, 3.63) is 128 Å². The molecule has 0 N–H and O–H groups in total. The molecule has 0 spiro atoms. The fourth-order valence-electron chi connectivity index (χ4n) is 3.12. The second-order valence-corrected chi connectivity index (χ2v) is 13.0. The maximum absolute atomic E-state index is 12.0. The molecule has 0 heterocycles. The van der Waals surface area contributed by atoms with Crippen molar-refractivity contribution in [2.24, 2.45) is 0 Å². The summed E-state index contributed by atoms with van der Waals surface area (Å²) in [6, 6.07) is 21.7. The monoisotopic (exact) mass is 562 g/mol. The fraction of sp³-hybridized carbons (Fsp3) is 0. The van der Waals surface area contributed by atoms with Crippen molar-refractivity contribution in [1.29, 1.82) is 0 Å². The van der Waals surface area contributed by atoms with Gasteiger partial charge in [-0.3, -0.25) is 0 Å². The summed E-state index contributed by atoms with van der Waals surface area (Å²) in [5, 5.41) is 0. The number of rotatable bonds is 9. The molecule has 0 aliphatic rings. The van der Waals surface area contributed by atoms with Crippen LogP contribution in [0, 0.1) is 0 Å². The molecule has 3 aromatic rings. The number of benzene rings is 3. The van der Waals surface area contributed by atoms with Crippen LogP contribution in [0.1, 0.15) is 31.1 Å². The average Bonchev–Trinajstić information content (AvgIpc) is 2.86. The molecule has 0 atom stereocenters. The van der Waals surface area contributed by atoms with Crippen LogP contribution >= 0.6 is 0 Å². The average molecular weight is 563 g/mol. The van der Waals surface area contributed by atoms with Gasteiger partial charge in [-0.2, -0.15) is 0 Å². The first kappa shape index (κ1) is 24.7. The SMILES string of the molecule is C=COC(=O)c1cc[c]([Sb]([c]2ccc(C(=O)OC=C)cc2)[c]2ccc(C(=O)OC=C)cc2)cc1. The quantitative estimate of drug-likeness (QED) is 0.173. The molecule has 0 unspecified atom stereocenters. The minimum atomic E-state index is -2.60. The van der Waals surface area contributed by atoms with Crippen molar-refractivity contribution in [3.63, 3.8) is 0 Å². The summed E-state index contributed by atoms with van der Waals surface area (Å²) in [5.41, 5.74) is 1.23.